The van der Waals surface area contributed by atoms with E-state index in [-0.39, 0.29) is 0 Å². The Morgan fingerprint density at radius 3 is 3.08 bits per heavy atom. The molecule has 0 aliphatic rings. The molecule has 0 atom stereocenters. The molecule has 0 bridgehead atoms. The van der Waals surface area contributed by atoms with Gasteiger partial charge in [-0.3, -0.25) is 0 Å². The third-order valence-electron chi connectivity index (χ3n) is 1.87. The average Bonchev–Trinajstić information content (AvgIpc) is 2.46. The largest absolute Gasteiger partial charge is 0.424 e. The smallest absolute Gasteiger partial charge is 0.295 e. The Kier molecular flexibility index (Phi) is 1.93. The van der Waals surface area contributed by atoms with E-state index in [1.807, 2.05) is 32.0 Å². The van der Waals surface area contributed by atoms with Crippen molar-refractivity contribution >= 4 is 17.1 Å². The number of hydrogen-bond acceptors (Lipinski definition) is 3. The maximum Gasteiger partial charge on any atom is 0.295 e. The van der Waals surface area contributed by atoms with Crippen molar-refractivity contribution in [2.75, 3.05) is 11.9 Å². The van der Waals surface area contributed by atoms with Crippen molar-refractivity contribution in [3.05, 3.63) is 23.8 Å². The highest BCUT2D eigenvalue weighted by molar-refractivity contribution is 5.75. The van der Waals surface area contributed by atoms with Gasteiger partial charge >= 0.3 is 0 Å². The molecule has 68 valence electrons. The fourth-order valence-corrected chi connectivity index (χ4v) is 1.26. The summed E-state index contributed by atoms with van der Waals surface area (Å²) in [4.78, 5) is 4.27. The highest BCUT2D eigenvalue weighted by atomic mass is 16.4. The number of oxazole rings is 1. The van der Waals surface area contributed by atoms with Gasteiger partial charge in [0.05, 0.1) is 0 Å². The van der Waals surface area contributed by atoms with E-state index in [0.29, 0.717) is 6.01 Å². The van der Waals surface area contributed by atoms with Crippen molar-refractivity contribution in [3.63, 3.8) is 0 Å². The van der Waals surface area contributed by atoms with E-state index in [1.165, 1.54) is 5.56 Å². The van der Waals surface area contributed by atoms with E-state index in [1.54, 1.807) is 0 Å². The number of benzene rings is 1. The molecule has 0 spiro atoms. The van der Waals surface area contributed by atoms with Crippen LogP contribution in [-0.4, -0.2) is 11.5 Å². The Hall–Kier alpha value is -1.51. The molecule has 0 aliphatic carbocycles. The van der Waals surface area contributed by atoms with Gasteiger partial charge in [0.2, 0.25) is 0 Å². The average molecular weight is 176 g/mol. The third kappa shape index (κ3) is 1.49. The standard InChI is InChI=1S/C10H12N2O/c1-3-11-10-12-8-5-4-7(2)6-9(8)13-10/h4-6H,3H2,1-2H3,(H,11,12). The zero-order chi connectivity index (χ0) is 9.26. The molecule has 0 aliphatic heterocycles. The van der Waals surface area contributed by atoms with Gasteiger partial charge in [0.25, 0.3) is 6.01 Å². The zero-order valence-electron chi connectivity index (χ0n) is 7.79. The predicted octanol–water partition coefficient (Wildman–Crippen LogP) is 2.57. The molecule has 0 unspecified atom stereocenters. The van der Waals surface area contributed by atoms with E-state index in [4.69, 9.17) is 4.42 Å². The quantitative estimate of drug-likeness (QED) is 0.764. The Balaban J connectivity index is 2.49. The fraction of sp³-hybridized carbons (Fsp3) is 0.300. The van der Waals surface area contributed by atoms with Crippen molar-refractivity contribution in [2.45, 2.75) is 13.8 Å². The van der Waals surface area contributed by atoms with Crippen LogP contribution >= 0.6 is 0 Å². The molecule has 2 rings (SSSR count). The van der Waals surface area contributed by atoms with Gasteiger partial charge in [-0.1, -0.05) is 6.07 Å². The molecule has 0 saturated carbocycles. The zero-order valence-corrected chi connectivity index (χ0v) is 7.79. The topological polar surface area (TPSA) is 38.1 Å². The van der Waals surface area contributed by atoms with Gasteiger partial charge in [0.15, 0.2) is 5.58 Å². The number of nitrogens with zero attached hydrogens (tertiary/aromatic N) is 1. The van der Waals surface area contributed by atoms with Crippen LogP contribution in [0.2, 0.25) is 0 Å². The summed E-state index contributed by atoms with van der Waals surface area (Å²) in [5, 5.41) is 3.04. The molecular formula is C10H12N2O. The first-order chi connectivity index (χ1) is 6.29. The minimum absolute atomic E-state index is 0.600. The molecule has 3 nitrogen and oxygen atoms in total. The highest BCUT2D eigenvalue weighted by Gasteiger charge is 2.03. The van der Waals surface area contributed by atoms with Crippen LogP contribution in [0.1, 0.15) is 12.5 Å². The summed E-state index contributed by atoms with van der Waals surface area (Å²) in [5.74, 6) is 0. The lowest BCUT2D eigenvalue weighted by molar-refractivity contribution is 0.616. The summed E-state index contributed by atoms with van der Waals surface area (Å²) < 4.78 is 5.47. The molecule has 2 aromatic rings. The fourth-order valence-electron chi connectivity index (χ4n) is 1.26. The highest BCUT2D eigenvalue weighted by Crippen LogP contribution is 2.19. The molecule has 3 heteroatoms. The summed E-state index contributed by atoms with van der Waals surface area (Å²) in [6.45, 7) is 4.88. The van der Waals surface area contributed by atoms with E-state index < -0.39 is 0 Å². The number of aromatic nitrogens is 1. The van der Waals surface area contributed by atoms with Crippen LogP contribution in [0.3, 0.4) is 0 Å². The molecule has 0 amide bonds. The van der Waals surface area contributed by atoms with Crippen LogP contribution in [0.25, 0.3) is 11.1 Å². The summed E-state index contributed by atoms with van der Waals surface area (Å²) in [7, 11) is 0. The molecule has 13 heavy (non-hydrogen) atoms. The first kappa shape index (κ1) is 8.10. The van der Waals surface area contributed by atoms with Crippen molar-refractivity contribution in [1.29, 1.82) is 0 Å². The molecule has 0 radical (unpaired) electrons. The van der Waals surface area contributed by atoms with Crippen molar-refractivity contribution in [1.82, 2.24) is 4.98 Å². The Morgan fingerprint density at radius 1 is 1.46 bits per heavy atom. The third-order valence-corrected chi connectivity index (χ3v) is 1.87. The SMILES string of the molecule is CCNc1nc2ccc(C)cc2o1. The molecule has 1 heterocycles. The lowest BCUT2D eigenvalue weighted by atomic mass is 10.2. The lowest BCUT2D eigenvalue weighted by Crippen LogP contribution is -1.95. The second-order valence-electron chi connectivity index (χ2n) is 3.02. The second-order valence-corrected chi connectivity index (χ2v) is 3.02. The number of aryl methyl sites for hydroxylation is 1. The molecule has 1 aromatic carbocycles. The molecular weight excluding hydrogens is 164 g/mol. The van der Waals surface area contributed by atoms with E-state index in [0.717, 1.165) is 17.6 Å². The molecule has 1 aromatic heterocycles. The van der Waals surface area contributed by atoms with Gasteiger partial charge in [0.1, 0.15) is 5.52 Å². The minimum atomic E-state index is 0.600. The minimum Gasteiger partial charge on any atom is -0.424 e. The van der Waals surface area contributed by atoms with Crippen LogP contribution < -0.4 is 5.32 Å². The number of nitrogens with one attached hydrogen (secondary N) is 1. The van der Waals surface area contributed by atoms with Gasteiger partial charge in [-0.25, -0.2) is 0 Å². The van der Waals surface area contributed by atoms with Crippen LogP contribution in [-0.2, 0) is 0 Å². The van der Waals surface area contributed by atoms with E-state index in [9.17, 15) is 0 Å². The molecule has 0 saturated heterocycles. The number of fused-ring (bicyclic) bond motifs is 1. The van der Waals surface area contributed by atoms with Gasteiger partial charge in [-0.2, -0.15) is 4.98 Å². The second kappa shape index (κ2) is 3.09. The van der Waals surface area contributed by atoms with Crippen molar-refractivity contribution in [3.8, 4) is 0 Å². The van der Waals surface area contributed by atoms with Crippen molar-refractivity contribution < 1.29 is 4.42 Å². The van der Waals surface area contributed by atoms with Crippen LogP contribution in [0, 0.1) is 6.92 Å². The van der Waals surface area contributed by atoms with Gasteiger partial charge in [-0.15, -0.1) is 0 Å². The van der Waals surface area contributed by atoms with Gasteiger partial charge in [0, 0.05) is 6.54 Å². The summed E-state index contributed by atoms with van der Waals surface area (Å²) in [6, 6.07) is 6.58. The van der Waals surface area contributed by atoms with Crippen LogP contribution in [0.15, 0.2) is 22.6 Å². The van der Waals surface area contributed by atoms with Crippen LogP contribution in [0.5, 0.6) is 0 Å². The monoisotopic (exact) mass is 176 g/mol. The lowest BCUT2D eigenvalue weighted by Gasteiger charge is -1.91. The summed E-state index contributed by atoms with van der Waals surface area (Å²) in [5.41, 5.74) is 2.93. The number of anilines is 1. The Morgan fingerprint density at radius 2 is 2.31 bits per heavy atom. The molecule has 1 N–H and O–H groups in total. The van der Waals surface area contributed by atoms with Gasteiger partial charge in [-0.05, 0) is 31.5 Å². The predicted molar refractivity (Wildman–Crippen MR) is 52.9 cm³/mol. The van der Waals surface area contributed by atoms with E-state index >= 15 is 0 Å². The van der Waals surface area contributed by atoms with Crippen molar-refractivity contribution in [2.24, 2.45) is 0 Å². The number of rotatable bonds is 2. The maximum atomic E-state index is 5.47. The first-order valence-electron chi connectivity index (χ1n) is 4.40. The Labute approximate surface area is 76.8 Å². The normalized spacial score (nSPS) is 10.6. The van der Waals surface area contributed by atoms with E-state index in [2.05, 4.69) is 10.3 Å². The van der Waals surface area contributed by atoms with Crippen LogP contribution in [0.4, 0.5) is 6.01 Å². The first-order valence-corrected chi connectivity index (χ1v) is 4.40. The molecule has 0 fully saturated rings. The summed E-state index contributed by atoms with van der Waals surface area (Å²) >= 11 is 0. The van der Waals surface area contributed by atoms with Gasteiger partial charge < -0.3 is 9.73 Å². The summed E-state index contributed by atoms with van der Waals surface area (Å²) in [6.07, 6.45) is 0. The maximum absolute atomic E-state index is 5.47. The number of hydrogen-bond donors (Lipinski definition) is 1. The Bertz CT molecular complexity index is 420.